The number of carbonyl (C=O) groups is 1. The number of hydrogen-bond donors (Lipinski definition) is 1. The van der Waals surface area contributed by atoms with Crippen molar-refractivity contribution in [2.45, 2.75) is 57.7 Å². The Balaban J connectivity index is 1.88. The molecule has 2 fully saturated rings. The van der Waals surface area contributed by atoms with E-state index in [1.165, 1.54) is 32.8 Å². The second kappa shape index (κ2) is 6.02. The van der Waals surface area contributed by atoms with E-state index in [4.69, 9.17) is 4.74 Å². The Hall–Kier alpha value is -0.610. The number of likely N-dealkylation sites (tertiary alicyclic amines) is 1. The van der Waals surface area contributed by atoms with E-state index in [2.05, 4.69) is 24.1 Å². The average molecular weight is 254 g/mol. The molecule has 1 saturated heterocycles. The number of hydrogen-bond acceptors (Lipinski definition) is 4. The van der Waals surface area contributed by atoms with Crippen molar-refractivity contribution < 1.29 is 9.53 Å². The molecule has 4 heteroatoms. The van der Waals surface area contributed by atoms with Crippen LogP contribution in [0, 0.1) is 5.92 Å². The number of methoxy groups -OCH3 is 1. The molecule has 0 aromatic rings. The van der Waals surface area contributed by atoms with Crippen molar-refractivity contribution in [1.29, 1.82) is 0 Å². The second-order valence-electron chi connectivity index (χ2n) is 5.99. The summed E-state index contributed by atoms with van der Waals surface area (Å²) in [6.07, 6.45) is 4.86. The average Bonchev–Trinajstić information content (AvgIpc) is 3.14. The smallest absolute Gasteiger partial charge is 0.324 e. The van der Waals surface area contributed by atoms with Crippen molar-refractivity contribution in [3.63, 3.8) is 0 Å². The van der Waals surface area contributed by atoms with Crippen LogP contribution in [-0.2, 0) is 9.53 Å². The van der Waals surface area contributed by atoms with Gasteiger partial charge in [0, 0.05) is 18.6 Å². The molecule has 0 bridgehead atoms. The highest BCUT2D eigenvalue weighted by Gasteiger charge is 2.32. The predicted octanol–water partition coefficient (Wildman–Crippen LogP) is 1.40. The summed E-state index contributed by atoms with van der Waals surface area (Å²) in [5.74, 6) is 0.692. The maximum atomic E-state index is 11.8. The first-order valence-corrected chi connectivity index (χ1v) is 7.18. The maximum Gasteiger partial charge on any atom is 0.324 e. The van der Waals surface area contributed by atoms with E-state index in [1.54, 1.807) is 0 Å². The van der Waals surface area contributed by atoms with Gasteiger partial charge in [0.2, 0.25) is 0 Å². The monoisotopic (exact) mass is 254 g/mol. The molecular formula is C14H26N2O2. The Labute approximate surface area is 110 Å². The van der Waals surface area contributed by atoms with Crippen molar-refractivity contribution in [1.82, 2.24) is 10.2 Å². The molecule has 2 aliphatic rings. The molecule has 3 atom stereocenters. The van der Waals surface area contributed by atoms with Gasteiger partial charge < -0.3 is 10.1 Å². The van der Waals surface area contributed by atoms with Crippen LogP contribution in [0.3, 0.4) is 0 Å². The van der Waals surface area contributed by atoms with Crippen molar-refractivity contribution in [3.05, 3.63) is 0 Å². The molecule has 4 nitrogen and oxygen atoms in total. The van der Waals surface area contributed by atoms with E-state index in [9.17, 15) is 4.79 Å². The van der Waals surface area contributed by atoms with Crippen LogP contribution in [0.25, 0.3) is 0 Å². The minimum Gasteiger partial charge on any atom is -0.468 e. The van der Waals surface area contributed by atoms with Gasteiger partial charge in [-0.05, 0) is 45.1 Å². The molecule has 0 aromatic carbocycles. The lowest BCUT2D eigenvalue weighted by atomic mass is 9.93. The zero-order valence-electron chi connectivity index (χ0n) is 11.8. The Kier molecular flexibility index (Phi) is 4.62. The molecule has 2 rings (SSSR count). The molecule has 3 unspecified atom stereocenters. The molecule has 1 aliphatic heterocycles. The van der Waals surface area contributed by atoms with Crippen LogP contribution in [0.1, 0.15) is 39.5 Å². The number of nitrogens with one attached hydrogen (secondary N) is 1. The van der Waals surface area contributed by atoms with E-state index < -0.39 is 0 Å². The Morgan fingerprint density at radius 1 is 1.39 bits per heavy atom. The molecule has 0 radical (unpaired) electrons. The van der Waals surface area contributed by atoms with E-state index in [0.29, 0.717) is 12.1 Å². The van der Waals surface area contributed by atoms with E-state index in [-0.39, 0.29) is 12.0 Å². The van der Waals surface area contributed by atoms with Gasteiger partial charge in [0.05, 0.1) is 7.11 Å². The summed E-state index contributed by atoms with van der Waals surface area (Å²) in [5.41, 5.74) is 0. The van der Waals surface area contributed by atoms with Gasteiger partial charge in [-0.3, -0.25) is 9.69 Å². The summed E-state index contributed by atoms with van der Waals surface area (Å²) in [6.45, 7) is 6.47. The third-order valence-electron chi connectivity index (χ3n) is 4.19. The van der Waals surface area contributed by atoms with E-state index >= 15 is 0 Å². The van der Waals surface area contributed by atoms with Gasteiger partial charge in [-0.25, -0.2) is 0 Å². The molecule has 1 aliphatic carbocycles. The van der Waals surface area contributed by atoms with Crippen molar-refractivity contribution in [2.75, 3.05) is 20.2 Å². The minimum absolute atomic E-state index is 0.118. The number of esters is 1. The first-order chi connectivity index (χ1) is 8.60. The molecule has 1 heterocycles. The lowest BCUT2D eigenvalue weighted by molar-refractivity contribution is -0.144. The Morgan fingerprint density at radius 3 is 2.67 bits per heavy atom. The summed E-state index contributed by atoms with van der Waals surface area (Å²) in [5, 5.41) is 3.40. The highest BCUT2D eigenvalue weighted by atomic mass is 16.5. The predicted molar refractivity (Wildman–Crippen MR) is 71.4 cm³/mol. The molecule has 18 heavy (non-hydrogen) atoms. The third kappa shape index (κ3) is 3.69. The van der Waals surface area contributed by atoms with Crippen molar-refractivity contribution in [3.8, 4) is 0 Å². The van der Waals surface area contributed by atoms with Crippen LogP contribution in [0.4, 0.5) is 0 Å². The SMILES string of the molecule is COC(=O)C(CN1CCC(C)CC1C)NC1CC1. The van der Waals surface area contributed by atoms with Gasteiger partial charge in [0.25, 0.3) is 0 Å². The number of carbonyl (C=O) groups excluding carboxylic acids is 1. The van der Waals surface area contributed by atoms with Crippen molar-refractivity contribution in [2.24, 2.45) is 5.92 Å². The Bertz CT molecular complexity index is 292. The molecule has 104 valence electrons. The third-order valence-corrected chi connectivity index (χ3v) is 4.19. The fourth-order valence-electron chi connectivity index (χ4n) is 2.83. The maximum absolute atomic E-state index is 11.8. The van der Waals surface area contributed by atoms with Crippen LogP contribution in [0.2, 0.25) is 0 Å². The normalized spacial score (nSPS) is 31.1. The van der Waals surface area contributed by atoms with Crippen LogP contribution < -0.4 is 5.32 Å². The quantitative estimate of drug-likeness (QED) is 0.753. The number of piperidine rings is 1. The fraction of sp³-hybridized carbons (Fsp3) is 0.929. The minimum atomic E-state index is -0.154. The largest absolute Gasteiger partial charge is 0.468 e. The molecule has 1 N–H and O–H groups in total. The van der Waals surface area contributed by atoms with Gasteiger partial charge in [-0.15, -0.1) is 0 Å². The number of rotatable bonds is 5. The van der Waals surface area contributed by atoms with Gasteiger partial charge in [-0.2, -0.15) is 0 Å². The van der Waals surface area contributed by atoms with Crippen molar-refractivity contribution >= 4 is 5.97 Å². The molecule has 0 amide bonds. The molecular weight excluding hydrogens is 228 g/mol. The summed E-state index contributed by atoms with van der Waals surface area (Å²) >= 11 is 0. The first-order valence-electron chi connectivity index (χ1n) is 7.18. The van der Waals surface area contributed by atoms with Crippen LogP contribution in [0.5, 0.6) is 0 Å². The zero-order valence-corrected chi connectivity index (χ0v) is 11.8. The molecule has 1 saturated carbocycles. The summed E-state index contributed by atoms with van der Waals surface area (Å²) < 4.78 is 4.91. The highest BCUT2D eigenvalue weighted by molar-refractivity contribution is 5.76. The fourth-order valence-corrected chi connectivity index (χ4v) is 2.83. The lowest BCUT2D eigenvalue weighted by Crippen LogP contribution is -2.51. The summed E-state index contributed by atoms with van der Waals surface area (Å²) in [7, 11) is 1.48. The molecule has 0 aromatic heterocycles. The Morgan fingerprint density at radius 2 is 2.11 bits per heavy atom. The first kappa shape index (κ1) is 13.8. The second-order valence-corrected chi connectivity index (χ2v) is 5.99. The summed E-state index contributed by atoms with van der Waals surface area (Å²) in [6, 6.07) is 0.952. The van der Waals surface area contributed by atoms with Gasteiger partial charge >= 0.3 is 5.97 Å². The number of ether oxygens (including phenoxy) is 1. The van der Waals surface area contributed by atoms with Crippen LogP contribution >= 0.6 is 0 Å². The highest BCUT2D eigenvalue weighted by Crippen LogP contribution is 2.23. The lowest BCUT2D eigenvalue weighted by Gasteiger charge is -2.38. The van der Waals surface area contributed by atoms with E-state index in [1.807, 2.05) is 0 Å². The van der Waals surface area contributed by atoms with Crippen LogP contribution in [0.15, 0.2) is 0 Å². The van der Waals surface area contributed by atoms with Gasteiger partial charge in [0.15, 0.2) is 0 Å². The number of nitrogens with zero attached hydrogens (tertiary/aromatic N) is 1. The van der Waals surface area contributed by atoms with Gasteiger partial charge in [0.1, 0.15) is 6.04 Å². The van der Waals surface area contributed by atoms with E-state index in [0.717, 1.165) is 19.0 Å². The molecule has 0 spiro atoms. The summed E-state index contributed by atoms with van der Waals surface area (Å²) in [4.78, 5) is 14.2. The van der Waals surface area contributed by atoms with Crippen LogP contribution in [-0.4, -0.2) is 49.2 Å². The standard InChI is InChI=1S/C14H26N2O2/c1-10-6-7-16(11(2)8-10)9-13(14(17)18-3)15-12-4-5-12/h10-13,15H,4-9H2,1-3H3. The van der Waals surface area contributed by atoms with Gasteiger partial charge in [-0.1, -0.05) is 6.92 Å². The topological polar surface area (TPSA) is 41.6 Å². The zero-order chi connectivity index (χ0) is 13.1.